The van der Waals surface area contributed by atoms with Gasteiger partial charge in [-0.1, -0.05) is 12.1 Å². The van der Waals surface area contributed by atoms with E-state index in [1.807, 2.05) is 0 Å². The second-order valence-electron chi connectivity index (χ2n) is 4.31. The Hall–Kier alpha value is -1.77. The van der Waals surface area contributed by atoms with Gasteiger partial charge in [-0.15, -0.1) is 0 Å². The van der Waals surface area contributed by atoms with Gasteiger partial charge in [0.25, 0.3) is 0 Å². The molecular formula is C12H15FN4O2S. The van der Waals surface area contributed by atoms with Gasteiger partial charge in [-0.3, -0.25) is 5.10 Å². The number of benzene rings is 1. The second kappa shape index (κ2) is 5.70. The average Bonchev–Trinajstić information content (AvgIpc) is 2.84. The van der Waals surface area contributed by atoms with Crippen LogP contribution in [0, 0.1) is 12.7 Å². The Labute approximate surface area is 116 Å². The first-order valence-corrected chi connectivity index (χ1v) is 7.39. The van der Waals surface area contributed by atoms with Gasteiger partial charge >= 0.3 is 0 Å². The van der Waals surface area contributed by atoms with Crippen LogP contribution in [0.15, 0.2) is 29.3 Å². The topological polar surface area (TPSA) is 101 Å². The van der Waals surface area contributed by atoms with E-state index in [2.05, 4.69) is 14.9 Å². The van der Waals surface area contributed by atoms with Crippen molar-refractivity contribution in [3.05, 3.63) is 47.0 Å². The number of hydrogen-bond acceptors (Lipinski definition) is 4. The first-order chi connectivity index (χ1) is 9.44. The maximum absolute atomic E-state index is 13.7. The second-order valence-corrected chi connectivity index (χ2v) is 6.05. The highest BCUT2D eigenvalue weighted by Crippen LogP contribution is 2.14. The molecule has 6 nitrogen and oxygen atoms in total. The zero-order chi connectivity index (χ0) is 14.8. The minimum Gasteiger partial charge on any atom is -0.326 e. The maximum atomic E-state index is 13.7. The largest absolute Gasteiger partial charge is 0.326 e. The highest BCUT2D eigenvalue weighted by atomic mass is 32.2. The number of nitrogens with zero attached hydrogens (tertiary/aromatic N) is 1. The molecule has 4 N–H and O–H groups in total. The van der Waals surface area contributed by atoms with Crippen LogP contribution in [0.5, 0.6) is 0 Å². The van der Waals surface area contributed by atoms with Crippen LogP contribution in [0.1, 0.15) is 16.8 Å². The molecule has 0 saturated heterocycles. The van der Waals surface area contributed by atoms with Gasteiger partial charge in [0, 0.05) is 18.7 Å². The number of halogens is 1. The fraction of sp³-hybridized carbons (Fsp3) is 0.250. The van der Waals surface area contributed by atoms with Crippen LogP contribution in [0.25, 0.3) is 0 Å². The smallest absolute Gasteiger partial charge is 0.244 e. The fourth-order valence-corrected chi connectivity index (χ4v) is 2.86. The molecule has 0 fully saturated rings. The van der Waals surface area contributed by atoms with Crippen molar-refractivity contribution in [2.45, 2.75) is 24.9 Å². The van der Waals surface area contributed by atoms with Gasteiger partial charge in [0.05, 0.1) is 11.9 Å². The van der Waals surface area contributed by atoms with E-state index in [4.69, 9.17) is 5.73 Å². The molecule has 1 heterocycles. The van der Waals surface area contributed by atoms with Gasteiger partial charge in [0.2, 0.25) is 10.0 Å². The summed E-state index contributed by atoms with van der Waals surface area (Å²) in [7, 11) is -3.71. The van der Waals surface area contributed by atoms with E-state index in [0.29, 0.717) is 11.3 Å². The molecule has 0 aliphatic heterocycles. The number of nitrogens with two attached hydrogens (primary N) is 1. The summed E-state index contributed by atoms with van der Waals surface area (Å²) in [6.07, 6.45) is 1.21. The highest BCUT2D eigenvalue weighted by Gasteiger charge is 2.18. The van der Waals surface area contributed by atoms with E-state index in [-0.39, 0.29) is 23.5 Å². The zero-order valence-corrected chi connectivity index (χ0v) is 11.7. The molecule has 0 aliphatic carbocycles. The van der Waals surface area contributed by atoms with E-state index in [1.165, 1.54) is 18.3 Å². The van der Waals surface area contributed by atoms with Crippen LogP contribution in [0.3, 0.4) is 0 Å². The summed E-state index contributed by atoms with van der Waals surface area (Å²) in [5.41, 5.74) is 6.74. The molecule has 20 heavy (non-hydrogen) atoms. The fourth-order valence-electron chi connectivity index (χ4n) is 1.72. The number of rotatable bonds is 5. The van der Waals surface area contributed by atoms with Crippen molar-refractivity contribution in [1.29, 1.82) is 0 Å². The van der Waals surface area contributed by atoms with Crippen LogP contribution in [0.4, 0.5) is 4.39 Å². The Balaban J connectivity index is 2.15. The Morgan fingerprint density at radius 3 is 2.75 bits per heavy atom. The van der Waals surface area contributed by atoms with Crippen molar-refractivity contribution in [3.63, 3.8) is 0 Å². The molecule has 108 valence electrons. The van der Waals surface area contributed by atoms with E-state index >= 15 is 0 Å². The minimum atomic E-state index is -3.71. The lowest BCUT2D eigenvalue weighted by atomic mass is 10.1. The van der Waals surface area contributed by atoms with Crippen molar-refractivity contribution in [3.8, 4) is 0 Å². The number of aryl methyl sites for hydroxylation is 1. The predicted octanol–water partition coefficient (Wildman–Crippen LogP) is 0.794. The normalized spacial score (nSPS) is 11.8. The predicted molar refractivity (Wildman–Crippen MR) is 71.6 cm³/mol. The summed E-state index contributed by atoms with van der Waals surface area (Å²) in [6.45, 7) is 1.69. The molecule has 0 saturated carbocycles. The summed E-state index contributed by atoms with van der Waals surface area (Å²) < 4.78 is 40.1. The standard InChI is InChI=1S/C12H15FN4O2S/c1-8-12(7-15-17-8)20(18,19)16-6-10-3-2-9(5-14)4-11(10)13/h2-4,7,16H,5-6,14H2,1H3,(H,15,17). The molecule has 2 aromatic rings. The lowest BCUT2D eigenvalue weighted by molar-refractivity contribution is 0.573. The number of nitrogens with one attached hydrogen (secondary N) is 2. The Morgan fingerprint density at radius 2 is 2.20 bits per heavy atom. The quantitative estimate of drug-likeness (QED) is 0.759. The number of aromatic nitrogens is 2. The van der Waals surface area contributed by atoms with Crippen LogP contribution in [-0.4, -0.2) is 18.6 Å². The molecular weight excluding hydrogens is 283 g/mol. The lowest BCUT2D eigenvalue weighted by Crippen LogP contribution is -2.24. The zero-order valence-electron chi connectivity index (χ0n) is 10.9. The summed E-state index contributed by atoms with van der Waals surface area (Å²) in [5, 5.41) is 6.19. The van der Waals surface area contributed by atoms with Gasteiger partial charge in [-0.2, -0.15) is 5.10 Å². The molecule has 0 bridgehead atoms. The molecule has 0 unspecified atom stereocenters. The molecule has 0 atom stereocenters. The van der Waals surface area contributed by atoms with Gasteiger partial charge in [-0.05, 0) is 18.6 Å². The monoisotopic (exact) mass is 298 g/mol. The molecule has 0 aliphatic rings. The Bertz CT molecular complexity index is 712. The van der Waals surface area contributed by atoms with E-state index < -0.39 is 15.8 Å². The SMILES string of the molecule is Cc1[nH]ncc1S(=O)(=O)NCc1ccc(CN)cc1F. The lowest BCUT2D eigenvalue weighted by Gasteiger charge is -2.08. The van der Waals surface area contributed by atoms with Gasteiger partial charge < -0.3 is 5.73 Å². The summed E-state index contributed by atoms with van der Waals surface area (Å²) in [4.78, 5) is 0.0523. The number of H-pyrrole nitrogens is 1. The first-order valence-electron chi connectivity index (χ1n) is 5.91. The summed E-state index contributed by atoms with van der Waals surface area (Å²) in [6, 6.07) is 4.48. The molecule has 8 heteroatoms. The van der Waals surface area contributed by atoms with Crippen molar-refractivity contribution >= 4 is 10.0 Å². The molecule has 0 amide bonds. The van der Waals surface area contributed by atoms with Gasteiger partial charge in [-0.25, -0.2) is 17.5 Å². The third kappa shape index (κ3) is 3.03. The summed E-state index contributed by atoms with van der Waals surface area (Å²) in [5.74, 6) is -0.487. The van der Waals surface area contributed by atoms with Crippen LogP contribution in [-0.2, 0) is 23.1 Å². The van der Waals surface area contributed by atoms with E-state index in [9.17, 15) is 12.8 Å². The third-order valence-corrected chi connectivity index (χ3v) is 4.39. The third-order valence-electron chi connectivity index (χ3n) is 2.88. The van der Waals surface area contributed by atoms with E-state index in [0.717, 1.165) is 0 Å². The van der Waals surface area contributed by atoms with Crippen molar-refractivity contribution < 1.29 is 12.8 Å². The summed E-state index contributed by atoms with van der Waals surface area (Å²) >= 11 is 0. The minimum absolute atomic E-state index is 0.0523. The van der Waals surface area contributed by atoms with E-state index in [1.54, 1.807) is 13.0 Å². The number of sulfonamides is 1. The Kier molecular flexibility index (Phi) is 4.17. The van der Waals surface area contributed by atoms with Crippen LogP contribution < -0.4 is 10.5 Å². The van der Waals surface area contributed by atoms with Crippen molar-refractivity contribution in [2.24, 2.45) is 5.73 Å². The van der Waals surface area contributed by atoms with Crippen LogP contribution >= 0.6 is 0 Å². The van der Waals surface area contributed by atoms with Gasteiger partial charge in [0.1, 0.15) is 10.7 Å². The molecule has 0 radical (unpaired) electrons. The van der Waals surface area contributed by atoms with Gasteiger partial charge in [0.15, 0.2) is 0 Å². The number of hydrogen-bond donors (Lipinski definition) is 3. The van der Waals surface area contributed by atoms with Crippen molar-refractivity contribution in [2.75, 3.05) is 0 Å². The van der Waals surface area contributed by atoms with Crippen molar-refractivity contribution in [1.82, 2.24) is 14.9 Å². The average molecular weight is 298 g/mol. The van der Waals surface area contributed by atoms with Crippen LogP contribution in [0.2, 0.25) is 0 Å². The maximum Gasteiger partial charge on any atom is 0.244 e. The highest BCUT2D eigenvalue weighted by molar-refractivity contribution is 7.89. The molecule has 1 aromatic carbocycles. The number of aromatic amines is 1. The molecule has 2 rings (SSSR count). The Morgan fingerprint density at radius 1 is 1.45 bits per heavy atom. The molecule has 0 spiro atoms. The molecule has 1 aromatic heterocycles. The first kappa shape index (κ1) is 14.6.